The van der Waals surface area contributed by atoms with Crippen molar-refractivity contribution < 1.29 is 9.59 Å². The Bertz CT molecular complexity index is 878. The van der Waals surface area contributed by atoms with Gasteiger partial charge in [0.15, 0.2) is 0 Å². The van der Waals surface area contributed by atoms with Crippen LogP contribution in [0.2, 0.25) is 0 Å². The fraction of sp³-hybridized carbons (Fsp3) is 0.143. The minimum Gasteiger partial charge on any atom is -0.308 e. The molecule has 3 rings (SSSR count). The first-order valence-corrected chi connectivity index (χ1v) is 9.49. The number of amides is 3. The highest BCUT2D eigenvalue weighted by molar-refractivity contribution is 7.10. The number of hydrogen-bond donors (Lipinski definition) is 3. The fourth-order valence-electron chi connectivity index (χ4n) is 2.65. The van der Waals surface area contributed by atoms with Crippen LogP contribution in [0.15, 0.2) is 72.1 Å². The van der Waals surface area contributed by atoms with Crippen LogP contribution in [-0.2, 0) is 4.79 Å². The van der Waals surface area contributed by atoms with Crippen LogP contribution in [0.4, 0.5) is 10.5 Å². The summed E-state index contributed by atoms with van der Waals surface area (Å²) >= 11 is 1.62. The highest BCUT2D eigenvalue weighted by Crippen LogP contribution is 2.26. The summed E-state index contributed by atoms with van der Waals surface area (Å²) in [5.74, 6) is -0.392. The van der Waals surface area contributed by atoms with E-state index < -0.39 is 11.9 Å². The lowest BCUT2D eigenvalue weighted by Crippen LogP contribution is -2.41. The van der Waals surface area contributed by atoms with Crippen LogP contribution in [0, 0.1) is 6.92 Å². The molecular weight excluding hydrogens is 358 g/mol. The summed E-state index contributed by atoms with van der Waals surface area (Å²) in [6, 6.07) is 20.5. The van der Waals surface area contributed by atoms with Crippen LogP contribution in [0.25, 0.3) is 0 Å². The third-order valence-corrected chi connectivity index (χ3v) is 4.93. The van der Waals surface area contributed by atoms with E-state index in [0.29, 0.717) is 5.69 Å². The number of thiophene rings is 1. The standard InChI is InChI=1S/C21H21N3O2S/c1-15-9-11-16(12-10-15)20(18-8-5-13-27-18)22-14-19(25)24-21(26)23-17-6-3-2-4-7-17/h2-13,20,22H,14H2,1H3,(H2,23,24,25,26)/t20-/m0/s1. The topological polar surface area (TPSA) is 70.2 Å². The molecule has 1 atom stereocenters. The van der Waals surface area contributed by atoms with Gasteiger partial charge in [-0.05, 0) is 36.1 Å². The van der Waals surface area contributed by atoms with E-state index in [-0.39, 0.29) is 12.6 Å². The zero-order chi connectivity index (χ0) is 19.1. The normalized spacial score (nSPS) is 11.6. The van der Waals surface area contributed by atoms with E-state index in [0.717, 1.165) is 10.4 Å². The Kier molecular flexibility index (Phi) is 6.35. The molecule has 1 aromatic heterocycles. The first-order chi connectivity index (χ1) is 13.1. The van der Waals surface area contributed by atoms with Gasteiger partial charge >= 0.3 is 6.03 Å². The number of rotatable bonds is 6. The predicted molar refractivity (Wildman–Crippen MR) is 109 cm³/mol. The minimum atomic E-state index is -0.545. The van der Waals surface area contributed by atoms with Crippen molar-refractivity contribution in [3.05, 3.63) is 88.1 Å². The van der Waals surface area contributed by atoms with Gasteiger partial charge in [-0.1, -0.05) is 54.1 Å². The van der Waals surface area contributed by atoms with Gasteiger partial charge in [-0.25, -0.2) is 4.79 Å². The quantitative estimate of drug-likeness (QED) is 0.604. The van der Waals surface area contributed by atoms with E-state index in [4.69, 9.17) is 0 Å². The number of anilines is 1. The van der Waals surface area contributed by atoms with Crippen molar-refractivity contribution in [1.29, 1.82) is 0 Å². The average Bonchev–Trinajstić information content (AvgIpc) is 3.18. The molecule has 0 saturated carbocycles. The molecule has 0 saturated heterocycles. The number of benzene rings is 2. The first kappa shape index (κ1) is 18.8. The number of nitrogens with one attached hydrogen (secondary N) is 3. The van der Waals surface area contributed by atoms with Crippen molar-refractivity contribution in [2.45, 2.75) is 13.0 Å². The Balaban J connectivity index is 1.59. The van der Waals surface area contributed by atoms with Crippen LogP contribution in [0.3, 0.4) is 0 Å². The zero-order valence-corrected chi connectivity index (χ0v) is 15.8. The Morgan fingerprint density at radius 3 is 2.37 bits per heavy atom. The van der Waals surface area contributed by atoms with Crippen LogP contribution in [0.5, 0.6) is 0 Å². The van der Waals surface area contributed by atoms with Gasteiger partial charge in [0.25, 0.3) is 0 Å². The van der Waals surface area contributed by atoms with E-state index in [1.54, 1.807) is 23.5 Å². The SMILES string of the molecule is Cc1ccc([C@H](NCC(=O)NC(=O)Nc2ccccc2)c2cccs2)cc1. The molecule has 138 valence electrons. The molecule has 2 aromatic carbocycles. The lowest BCUT2D eigenvalue weighted by atomic mass is 10.0. The summed E-state index contributed by atoms with van der Waals surface area (Å²) in [5.41, 5.74) is 2.88. The molecule has 27 heavy (non-hydrogen) atoms. The predicted octanol–water partition coefficient (Wildman–Crippen LogP) is 4.08. The van der Waals surface area contributed by atoms with E-state index in [9.17, 15) is 9.59 Å². The number of imide groups is 1. The molecule has 0 bridgehead atoms. The lowest BCUT2D eigenvalue weighted by Gasteiger charge is -2.18. The van der Waals surface area contributed by atoms with E-state index >= 15 is 0 Å². The highest BCUT2D eigenvalue weighted by Gasteiger charge is 2.17. The molecule has 1 heterocycles. The molecule has 3 N–H and O–H groups in total. The van der Waals surface area contributed by atoms with Crippen molar-refractivity contribution in [3.8, 4) is 0 Å². The smallest absolute Gasteiger partial charge is 0.308 e. The third-order valence-electron chi connectivity index (χ3n) is 3.99. The van der Waals surface area contributed by atoms with Gasteiger partial charge < -0.3 is 5.32 Å². The molecule has 0 unspecified atom stereocenters. The number of urea groups is 1. The fourth-order valence-corrected chi connectivity index (χ4v) is 3.47. The molecule has 3 amide bonds. The summed E-state index contributed by atoms with van der Waals surface area (Å²) in [6.07, 6.45) is 0. The van der Waals surface area contributed by atoms with Gasteiger partial charge in [-0.3, -0.25) is 15.4 Å². The van der Waals surface area contributed by atoms with Gasteiger partial charge in [-0.2, -0.15) is 0 Å². The maximum Gasteiger partial charge on any atom is 0.325 e. The second-order valence-electron chi connectivity index (χ2n) is 6.11. The number of carbonyl (C=O) groups excluding carboxylic acids is 2. The van der Waals surface area contributed by atoms with Gasteiger partial charge in [0.2, 0.25) is 5.91 Å². The van der Waals surface area contributed by atoms with Gasteiger partial charge in [0.1, 0.15) is 0 Å². The third kappa shape index (κ3) is 5.51. The molecule has 5 nitrogen and oxygen atoms in total. The lowest BCUT2D eigenvalue weighted by molar-refractivity contribution is -0.119. The second kappa shape index (κ2) is 9.12. The molecule has 0 radical (unpaired) electrons. The Labute approximate surface area is 162 Å². The highest BCUT2D eigenvalue weighted by atomic mass is 32.1. The molecule has 6 heteroatoms. The summed E-state index contributed by atoms with van der Waals surface area (Å²) in [4.78, 5) is 25.2. The summed E-state index contributed by atoms with van der Waals surface area (Å²) in [5, 5.41) is 10.2. The average molecular weight is 379 g/mol. The van der Waals surface area contributed by atoms with Gasteiger partial charge in [0, 0.05) is 10.6 Å². The van der Waals surface area contributed by atoms with Crippen molar-refractivity contribution >= 4 is 29.0 Å². The largest absolute Gasteiger partial charge is 0.325 e. The van der Waals surface area contributed by atoms with Crippen molar-refractivity contribution in [3.63, 3.8) is 0 Å². The van der Waals surface area contributed by atoms with Gasteiger partial charge in [0.05, 0.1) is 12.6 Å². The first-order valence-electron chi connectivity index (χ1n) is 8.61. The van der Waals surface area contributed by atoms with Crippen LogP contribution in [0.1, 0.15) is 22.0 Å². The summed E-state index contributed by atoms with van der Waals surface area (Å²) in [6.45, 7) is 2.06. The van der Waals surface area contributed by atoms with E-state index in [1.165, 1.54) is 5.56 Å². The molecular formula is C21H21N3O2S. The van der Waals surface area contributed by atoms with Crippen LogP contribution >= 0.6 is 11.3 Å². The number of carbonyl (C=O) groups is 2. The molecule has 0 spiro atoms. The molecule has 0 fully saturated rings. The molecule has 3 aromatic rings. The molecule has 0 aliphatic carbocycles. The van der Waals surface area contributed by atoms with Crippen molar-refractivity contribution in [2.24, 2.45) is 0 Å². The Hall–Kier alpha value is -2.96. The Morgan fingerprint density at radius 2 is 1.70 bits per heavy atom. The van der Waals surface area contributed by atoms with Gasteiger partial charge in [-0.15, -0.1) is 11.3 Å². The van der Waals surface area contributed by atoms with E-state index in [1.807, 2.05) is 66.9 Å². The summed E-state index contributed by atoms with van der Waals surface area (Å²) < 4.78 is 0. The molecule has 0 aliphatic heterocycles. The number of para-hydroxylation sites is 1. The second-order valence-corrected chi connectivity index (χ2v) is 7.09. The minimum absolute atomic E-state index is 0.0264. The van der Waals surface area contributed by atoms with Crippen molar-refractivity contribution in [1.82, 2.24) is 10.6 Å². The van der Waals surface area contributed by atoms with Crippen molar-refractivity contribution in [2.75, 3.05) is 11.9 Å². The van der Waals surface area contributed by atoms with Crippen LogP contribution in [-0.4, -0.2) is 18.5 Å². The summed E-state index contributed by atoms with van der Waals surface area (Å²) in [7, 11) is 0. The Morgan fingerprint density at radius 1 is 0.963 bits per heavy atom. The zero-order valence-electron chi connectivity index (χ0n) is 14.9. The number of hydrogen-bond acceptors (Lipinski definition) is 4. The maximum absolute atomic E-state index is 12.2. The monoisotopic (exact) mass is 379 g/mol. The van der Waals surface area contributed by atoms with Crippen LogP contribution < -0.4 is 16.0 Å². The van der Waals surface area contributed by atoms with E-state index in [2.05, 4.69) is 16.0 Å². The maximum atomic E-state index is 12.2. The number of aryl methyl sites for hydroxylation is 1. The molecule has 0 aliphatic rings.